The lowest BCUT2D eigenvalue weighted by Gasteiger charge is -2.33. The molecule has 2 nitrogen and oxygen atoms in total. The molecule has 1 aliphatic carbocycles. The molecule has 0 aromatic heterocycles. The lowest BCUT2D eigenvalue weighted by Crippen LogP contribution is -2.38. The first-order chi connectivity index (χ1) is 5.53. The van der Waals surface area contributed by atoms with E-state index in [-0.39, 0.29) is 17.8 Å². The summed E-state index contributed by atoms with van der Waals surface area (Å²) in [5.74, 6) is 0.950. The van der Waals surface area contributed by atoms with E-state index in [0.717, 1.165) is 12.8 Å². The summed E-state index contributed by atoms with van der Waals surface area (Å²) in [6.45, 7) is 6.39. The van der Waals surface area contributed by atoms with Crippen LogP contribution < -0.4 is 0 Å². The molecule has 0 spiro atoms. The summed E-state index contributed by atoms with van der Waals surface area (Å²) in [6, 6.07) is 0. The van der Waals surface area contributed by atoms with Gasteiger partial charge in [-0.1, -0.05) is 13.8 Å². The summed E-state index contributed by atoms with van der Waals surface area (Å²) in [5.41, 5.74) is -0.355. The van der Waals surface area contributed by atoms with Crippen molar-refractivity contribution < 1.29 is 9.84 Å². The number of aliphatic hydroxyl groups is 1. The molecule has 1 N–H and O–H groups in total. The van der Waals surface area contributed by atoms with E-state index < -0.39 is 0 Å². The first-order valence-corrected chi connectivity index (χ1v) is 4.91. The minimum absolute atomic E-state index is 0.260. The van der Waals surface area contributed by atoms with Crippen molar-refractivity contribution in [3.63, 3.8) is 0 Å². The van der Waals surface area contributed by atoms with Gasteiger partial charge in [0, 0.05) is 12.3 Å². The molecule has 1 aliphatic heterocycles. The summed E-state index contributed by atoms with van der Waals surface area (Å²) >= 11 is 0. The standard InChI is InChI=1S/C10H18O2/c1-6(2)9-5-10(11)4-8(10)7(3)12-9/h6-9,11H,4-5H2,1-3H3. The molecular formula is C10H18O2. The second-order valence-electron chi connectivity index (χ2n) is 4.74. The molecule has 2 fully saturated rings. The largest absolute Gasteiger partial charge is 0.389 e. The van der Waals surface area contributed by atoms with Crippen LogP contribution in [0.4, 0.5) is 0 Å². The van der Waals surface area contributed by atoms with Crippen LogP contribution in [0.25, 0.3) is 0 Å². The van der Waals surface area contributed by atoms with Gasteiger partial charge >= 0.3 is 0 Å². The maximum Gasteiger partial charge on any atom is 0.0731 e. The fourth-order valence-electron chi connectivity index (χ4n) is 2.32. The smallest absolute Gasteiger partial charge is 0.0731 e. The van der Waals surface area contributed by atoms with Gasteiger partial charge in [-0.3, -0.25) is 0 Å². The van der Waals surface area contributed by atoms with Crippen LogP contribution in [0, 0.1) is 11.8 Å². The molecule has 70 valence electrons. The van der Waals surface area contributed by atoms with E-state index in [1.54, 1.807) is 0 Å². The Balaban J connectivity index is 2.04. The molecule has 1 heterocycles. The minimum atomic E-state index is -0.355. The van der Waals surface area contributed by atoms with Crippen LogP contribution in [0.3, 0.4) is 0 Å². The van der Waals surface area contributed by atoms with Crippen LogP contribution in [-0.4, -0.2) is 22.9 Å². The summed E-state index contributed by atoms with van der Waals surface area (Å²) in [7, 11) is 0. The Morgan fingerprint density at radius 1 is 1.42 bits per heavy atom. The summed E-state index contributed by atoms with van der Waals surface area (Å²) in [4.78, 5) is 0. The van der Waals surface area contributed by atoms with Crippen LogP contribution in [0.15, 0.2) is 0 Å². The molecule has 0 aromatic rings. The minimum Gasteiger partial charge on any atom is -0.389 e. The monoisotopic (exact) mass is 170 g/mol. The van der Waals surface area contributed by atoms with Gasteiger partial charge in [0.15, 0.2) is 0 Å². The first-order valence-electron chi connectivity index (χ1n) is 4.91. The third-order valence-corrected chi connectivity index (χ3v) is 3.36. The highest BCUT2D eigenvalue weighted by Gasteiger charge is 2.60. The van der Waals surface area contributed by atoms with Crippen molar-refractivity contribution in [1.29, 1.82) is 0 Å². The van der Waals surface area contributed by atoms with Gasteiger partial charge in [0.2, 0.25) is 0 Å². The Kier molecular flexibility index (Phi) is 1.74. The molecule has 1 saturated carbocycles. The maximum absolute atomic E-state index is 9.96. The van der Waals surface area contributed by atoms with Crippen LogP contribution in [-0.2, 0) is 4.74 Å². The van der Waals surface area contributed by atoms with Crippen LogP contribution >= 0.6 is 0 Å². The average Bonchev–Trinajstić information content (AvgIpc) is 2.61. The molecule has 1 saturated heterocycles. The predicted molar refractivity (Wildman–Crippen MR) is 46.8 cm³/mol. The van der Waals surface area contributed by atoms with Crippen LogP contribution in [0.2, 0.25) is 0 Å². The fourth-order valence-corrected chi connectivity index (χ4v) is 2.32. The molecule has 0 radical (unpaired) electrons. The van der Waals surface area contributed by atoms with Gasteiger partial charge in [0.1, 0.15) is 0 Å². The van der Waals surface area contributed by atoms with Gasteiger partial charge in [-0.2, -0.15) is 0 Å². The van der Waals surface area contributed by atoms with Crippen molar-refractivity contribution in [3.05, 3.63) is 0 Å². The van der Waals surface area contributed by atoms with Gasteiger partial charge in [0.25, 0.3) is 0 Å². The van der Waals surface area contributed by atoms with E-state index in [4.69, 9.17) is 4.74 Å². The van der Waals surface area contributed by atoms with Crippen molar-refractivity contribution >= 4 is 0 Å². The highest BCUT2D eigenvalue weighted by Crippen LogP contribution is 2.54. The van der Waals surface area contributed by atoms with Crippen molar-refractivity contribution in [3.8, 4) is 0 Å². The number of hydrogen-bond donors (Lipinski definition) is 1. The van der Waals surface area contributed by atoms with E-state index >= 15 is 0 Å². The van der Waals surface area contributed by atoms with Crippen molar-refractivity contribution in [1.82, 2.24) is 0 Å². The Morgan fingerprint density at radius 2 is 2.08 bits per heavy atom. The van der Waals surface area contributed by atoms with Gasteiger partial charge < -0.3 is 9.84 Å². The Morgan fingerprint density at radius 3 is 2.58 bits per heavy atom. The average molecular weight is 170 g/mol. The maximum atomic E-state index is 9.96. The van der Waals surface area contributed by atoms with E-state index in [1.807, 2.05) is 0 Å². The van der Waals surface area contributed by atoms with E-state index in [2.05, 4.69) is 20.8 Å². The molecule has 0 aromatic carbocycles. The van der Waals surface area contributed by atoms with Crippen molar-refractivity contribution in [2.45, 2.75) is 51.4 Å². The molecule has 0 bridgehead atoms. The quantitative estimate of drug-likeness (QED) is 0.647. The molecule has 2 aliphatic rings. The topological polar surface area (TPSA) is 29.5 Å². The zero-order valence-electron chi connectivity index (χ0n) is 8.08. The van der Waals surface area contributed by atoms with Crippen molar-refractivity contribution in [2.24, 2.45) is 11.8 Å². The molecule has 2 rings (SSSR count). The number of ether oxygens (including phenoxy) is 1. The van der Waals surface area contributed by atoms with E-state index in [0.29, 0.717) is 11.8 Å². The van der Waals surface area contributed by atoms with Gasteiger partial charge in [-0.25, -0.2) is 0 Å². The molecule has 0 amide bonds. The molecule has 4 unspecified atom stereocenters. The Hall–Kier alpha value is -0.0800. The van der Waals surface area contributed by atoms with Gasteiger partial charge in [-0.15, -0.1) is 0 Å². The number of hydrogen-bond acceptors (Lipinski definition) is 2. The highest BCUT2D eigenvalue weighted by molar-refractivity contribution is 5.10. The predicted octanol–water partition coefficient (Wildman–Crippen LogP) is 1.57. The lowest BCUT2D eigenvalue weighted by atomic mass is 9.94. The molecule has 2 heteroatoms. The zero-order chi connectivity index (χ0) is 8.93. The summed E-state index contributed by atoms with van der Waals surface area (Å²) in [5, 5.41) is 9.96. The van der Waals surface area contributed by atoms with Crippen molar-refractivity contribution in [2.75, 3.05) is 0 Å². The molecule has 12 heavy (non-hydrogen) atoms. The second-order valence-corrected chi connectivity index (χ2v) is 4.74. The summed E-state index contributed by atoms with van der Waals surface area (Å²) < 4.78 is 5.81. The van der Waals surface area contributed by atoms with Gasteiger partial charge in [-0.05, 0) is 19.3 Å². The zero-order valence-corrected chi connectivity index (χ0v) is 8.08. The third kappa shape index (κ3) is 1.17. The lowest BCUT2D eigenvalue weighted by molar-refractivity contribution is -0.109. The van der Waals surface area contributed by atoms with E-state index in [9.17, 15) is 5.11 Å². The summed E-state index contributed by atoms with van der Waals surface area (Å²) in [6.07, 6.45) is 2.33. The Bertz CT molecular complexity index is 190. The molecule has 4 atom stereocenters. The third-order valence-electron chi connectivity index (χ3n) is 3.36. The molecular weight excluding hydrogens is 152 g/mol. The van der Waals surface area contributed by atoms with E-state index in [1.165, 1.54) is 0 Å². The first kappa shape index (κ1) is 8.52. The Labute approximate surface area is 73.9 Å². The number of rotatable bonds is 1. The van der Waals surface area contributed by atoms with Gasteiger partial charge in [0.05, 0.1) is 17.8 Å². The second kappa shape index (κ2) is 2.46. The normalized spacial score (nSPS) is 52.2. The SMILES string of the molecule is CC(C)C1CC2(O)CC2C(C)O1. The fraction of sp³-hybridized carbons (Fsp3) is 1.00. The highest BCUT2D eigenvalue weighted by atomic mass is 16.5. The van der Waals surface area contributed by atoms with Crippen LogP contribution in [0.1, 0.15) is 33.6 Å². The number of fused-ring (bicyclic) bond motifs is 1. The van der Waals surface area contributed by atoms with Crippen LogP contribution in [0.5, 0.6) is 0 Å².